The maximum atomic E-state index is 9.17. The van der Waals surface area contributed by atoms with Crippen molar-refractivity contribution in [3.63, 3.8) is 0 Å². The fourth-order valence-electron chi connectivity index (χ4n) is 2.54. The second-order valence-corrected chi connectivity index (χ2v) is 6.12. The zero-order chi connectivity index (χ0) is 13.7. The predicted octanol–water partition coefficient (Wildman–Crippen LogP) is 3.46. The van der Waals surface area contributed by atoms with Crippen LogP contribution in [0, 0.1) is 17.2 Å². The van der Waals surface area contributed by atoms with Gasteiger partial charge in [-0.25, -0.2) is 0 Å². The number of likely N-dealkylation sites (tertiary alicyclic amines) is 1. The van der Waals surface area contributed by atoms with Crippen LogP contribution in [-0.4, -0.2) is 31.1 Å². The molecule has 0 bridgehead atoms. The van der Waals surface area contributed by atoms with E-state index < -0.39 is 0 Å². The summed E-state index contributed by atoms with van der Waals surface area (Å²) in [6.45, 7) is 6.79. The molecule has 19 heavy (non-hydrogen) atoms. The molecular weight excluding hydrogens is 302 g/mol. The van der Waals surface area contributed by atoms with Gasteiger partial charge in [0.2, 0.25) is 0 Å². The van der Waals surface area contributed by atoms with Crippen molar-refractivity contribution in [1.29, 1.82) is 5.26 Å². The van der Waals surface area contributed by atoms with E-state index in [1.54, 1.807) is 0 Å². The third-order valence-corrected chi connectivity index (χ3v) is 4.20. The van der Waals surface area contributed by atoms with Crippen LogP contribution in [0.15, 0.2) is 22.7 Å². The first-order chi connectivity index (χ1) is 9.20. The molecule has 0 amide bonds. The monoisotopic (exact) mass is 321 g/mol. The SMILES string of the molecule is CC(CNc1cccc(Br)c1C#N)CN1CCCC1. The first-order valence-corrected chi connectivity index (χ1v) is 7.65. The largest absolute Gasteiger partial charge is 0.384 e. The van der Waals surface area contributed by atoms with Gasteiger partial charge in [-0.3, -0.25) is 0 Å². The number of rotatable bonds is 5. The highest BCUT2D eigenvalue weighted by atomic mass is 79.9. The predicted molar refractivity (Wildman–Crippen MR) is 82.2 cm³/mol. The van der Waals surface area contributed by atoms with Gasteiger partial charge in [-0.1, -0.05) is 13.0 Å². The van der Waals surface area contributed by atoms with Crippen molar-refractivity contribution >= 4 is 21.6 Å². The third kappa shape index (κ3) is 3.95. The van der Waals surface area contributed by atoms with Gasteiger partial charge >= 0.3 is 0 Å². The minimum Gasteiger partial charge on any atom is -0.384 e. The van der Waals surface area contributed by atoms with E-state index in [2.05, 4.69) is 39.1 Å². The van der Waals surface area contributed by atoms with Crippen molar-refractivity contribution in [2.45, 2.75) is 19.8 Å². The van der Waals surface area contributed by atoms with E-state index in [4.69, 9.17) is 5.26 Å². The summed E-state index contributed by atoms with van der Waals surface area (Å²) < 4.78 is 0.854. The summed E-state index contributed by atoms with van der Waals surface area (Å²) in [6, 6.07) is 8.06. The van der Waals surface area contributed by atoms with Gasteiger partial charge in [0, 0.05) is 17.6 Å². The average Bonchev–Trinajstić information content (AvgIpc) is 2.89. The number of anilines is 1. The van der Waals surface area contributed by atoms with Gasteiger partial charge in [0.1, 0.15) is 6.07 Å². The Morgan fingerprint density at radius 2 is 2.16 bits per heavy atom. The van der Waals surface area contributed by atoms with Gasteiger partial charge in [0.25, 0.3) is 0 Å². The molecule has 3 nitrogen and oxygen atoms in total. The summed E-state index contributed by atoms with van der Waals surface area (Å²) in [5.41, 5.74) is 1.61. The molecule has 1 saturated heterocycles. The molecule has 0 aliphatic carbocycles. The minimum absolute atomic E-state index is 0.587. The Morgan fingerprint density at radius 1 is 1.42 bits per heavy atom. The molecule has 1 heterocycles. The van der Waals surface area contributed by atoms with Gasteiger partial charge in [-0.15, -0.1) is 0 Å². The van der Waals surface area contributed by atoms with E-state index in [1.165, 1.54) is 25.9 Å². The summed E-state index contributed by atoms with van der Waals surface area (Å²) in [5, 5.41) is 12.6. The lowest BCUT2D eigenvalue weighted by molar-refractivity contribution is 0.294. The quantitative estimate of drug-likeness (QED) is 0.902. The van der Waals surface area contributed by atoms with Crippen LogP contribution >= 0.6 is 15.9 Å². The molecular formula is C15H20BrN3. The Bertz CT molecular complexity index is 461. The van der Waals surface area contributed by atoms with Crippen molar-refractivity contribution in [3.05, 3.63) is 28.2 Å². The summed E-state index contributed by atoms with van der Waals surface area (Å²) in [5.74, 6) is 0.587. The molecule has 1 aromatic rings. The topological polar surface area (TPSA) is 39.1 Å². The molecule has 0 saturated carbocycles. The van der Waals surface area contributed by atoms with Gasteiger partial charge in [0.05, 0.1) is 11.3 Å². The molecule has 1 unspecified atom stereocenters. The highest BCUT2D eigenvalue weighted by Crippen LogP contribution is 2.24. The van der Waals surface area contributed by atoms with E-state index in [1.807, 2.05) is 18.2 Å². The van der Waals surface area contributed by atoms with Crippen molar-refractivity contribution in [1.82, 2.24) is 4.90 Å². The van der Waals surface area contributed by atoms with Crippen LogP contribution in [0.2, 0.25) is 0 Å². The summed E-state index contributed by atoms with van der Waals surface area (Å²) in [7, 11) is 0. The Labute approximate surface area is 123 Å². The zero-order valence-electron chi connectivity index (χ0n) is 11.3. The van der Waals surface area contributed by atoms with Crippen LogP contribution in [0.25, 0.3) is 0 Å². The minimum atomic E-state index is 0.587. The third-order valence-electron chi connectivity index (χ3n) is 3.53. The van der Waals surface area contributed by atoms with Crippen LogP contribution in [0.5, 0.6) is 0 Å². The van der Waals surface area contributed by atoms with Crippen molar-refractivity contribution in [2.75, 3.05) is 31.5 Å². The van der Waals surface area contributed by atoms with Crippen molar-refractivity contribution in [3.8, 4) is 6.07 Å². The fraction of sp³-hybridized carbons (Fsp3) is 0.533. The molecule has 1 fully saturated rings. The van der Waals surface area contributed by atoms with E-state index in [0.29, 0.717) is 11.5 Å². The molecule has 4 heteroatoms. The lowest BCUT2D eigenvalue weighted by Gasteiger charge is -2.21. The molecule has 0 spiro atoms. The molecule has 0 radical (unpaired) electrons. The van der Waals surface area contributed by atoms with Gasteiger partial charge in [0.15, 0.2) is 0 Å². The molecule has 0 aromatic heterocycles. The van der Waals surface area contributed by atoms with Crippen molar-refractivity contribution in [2.24, 2.45) is 5.92 Å². The maximum absolute atomic E-state index is 9.17. The van der Waals surface area contributed by atoms with E-state index >= 15 is 0 Å². The van der Waals surface area contributed by atoms with Crippen LogP contribution in [-0.2, 0) is 0 Å². The van der Waals surface area contributed by atoms with E-state index in [-0.39, 0.29) is 0 Å². The Morgan fingerprint density at radius 3 is 2.84 bits per heavy atom. The lowest BCUT2D eigenvalue weighted by Crippen LogP contribution is -2.29. The normalized spacial score (nSPS) is 17.1. The summed E-state index contributed by atoms with van der Waals surface area (Å²) in [4.78, 5) is 2.53. The Hall–Kier alpha value is -1.05. The molecule has 2 rings (SSSR count). The van der Waals surface area contributed by atoms with Crippen LogP contribution in [0.1, 0.15) is 25.3 Å². The lowest BCUT2D eigenvalue weighted by atomic mass is 10.1. The van der Waals surface area contributed by atoms with Gasteiger partial charge in [-0.2, -0.15) is 5.26 Å². The highest BCUT2D eigenvalue weighted by Gasteiger charge is 2.15. The molecule has 1 aliphatic rings. The Balaban J connectivity index is 1.88. The smallest absolute Gasteiger partial charge is 0.103 e. The van der Waals surface area contributed by atoms with Crippen LogP contribution in [0.3, 0.4) is 0 Å². The van der Waals surface area contributed by atoms with Gasteiger partial charge in [-0.05, 0) is 59.9 Å². The number of benzene rings is 1. The second-order valence-electron chi connectivity index (χ2n) is 5.27. The molecule has 1 aliphatic heterocycles. The standard InChI is InChI=1S/C15H20BrN3/c1-12(11-19-7-2-3-8-19)10-18-15-6-4-5-14(16)13(15)9-17/h4-6,12,18H,2-3,7-8,10-11H2,1H3. The average molecular weight is 322 g/mol. The van der Waals surface area contributed by atoms with Crippen LogP contribution < -0.4 is 5.32 Å². The summed E-state index contributed by atoms with van der Waals surface area (Å²) >= 11 is 3.41. The second kappa shape index (κ2) is 6.93. The number of hydrogen-bond donors (Lipinski definition) is 1. The van der Waals surface area contributed by atoms with E-state index in [0.717, 1.165) is 23.2 Å². The number of hydrogen-bond acceptors (Lipinski definition) is 3. The molecule has 1 N–H and O–H groups in total. The summed E-state index contributed by atoms with van der Waals surface area (Å²) in [6.07, 6.45) is 2.68. The van der Waals surface area contributed by atoms with Crippen molar-refractivity contribution < 1.29 is 0 Å². The zero-order valence-corrected chi connectivity index (χ0v) is 12.9. The van der Waals surface area contributed by atoms with Crippen LogP contribution in [0.4, 0.5) is 5.69 Å². The molecule has 1 atom stereocenters. The first-order valence-electron chi connectivity index (χ1n) is 6.85. The van der Waals surface area contributed by atoms with Gasteiger partial charge < -0.3 is 10.2 Å². The first kappa shape index (κ1) is 14.4. The fourth-order valence-corrected chi connectivity index (χ4v) is 2.99. The Kier molecular flexibility index (Phi) is 5.24. The van der Waals surface area contributed by atoms with E-state index in [9.17, 15) is 0 Å². The number of nitrogens with one attached hydrogen (secondary N) is 1. The number of nitriles is 1. The molecule has 102 valence electrons. The maximum Gasteiger partial charge on any atom is 0.103 e. The highest BCUT2D eigenvalue weighted by molar-refractivity contribution is 9.10. The number of halogens is 1. The number of nitrogens with zero attached hydrogens (tertiary/aromatic N) is 2. The molecule has 1 aromatic carbocycles.